The van der Waals surface area contributed by atoms with Crippen molar-refractivity contribution in [3.05, 3.63) is 57.8 Å². The lowest BCUT2D eigenvalue weighted by atomic mass is 10.1. The normalized spacial score (nSPS) is 15.7. The molecule has 1 atom stereocenters. The van der Waals surface area contributed by atoms with Crippen LogP contribution in [0.4, 0.5) is 4.79 Å². The number of benzene rings is 1. The van der Waals surface area contributed by atoms with Crippen LogP contribution in [0.5, 0.6) is 0 Å². The number of hydrogen-bond acceptors (Lipinski definition) is 4. The summed E-state index contributed by atoms with van der Waals surface area (Å²) >= 11 is 1.49. The molecule has 2 aromatic rings. The van der Waals surface area contributed by atoms with Crippen molar-refractivity contribution in [1.29, 1.82) is 0 Å². The summed E-state index contributed by atoms with van der Waals surface area (Å²) in [4.78, 5) is 27.0. The molecule has 0 aliphatic carbocycles. The Morgan fingerprint density at radius 1 is 1.07 bits per heavy atom. The maximum atomic E-state index is 12.3. The van der Waals surface area contributed by atoms with Crippen molar-refractivity contribution >= 4 is 23.3 Å². The first kappa shape index (κ1) is 20.4. The molecule has 1 aromatic heterocycles. The summed E-state index contributed by atoms with van der Waals surface area (Å²) in [5.41, 5.74) is 7.61. The summed E-state index contributed by atoms with van der Waals surface area (Å²) in [5.74, 6) is -0.121. The van der Waals surface area contributed by atoms with Crippen LogP contribution in [0, 0.1) is 0 Å². The monoisotopic (exact) mass is 400 g/mol. The molecule has 0 spiro atoms. The second-order valence-corrected chi connectivity index (χ2v) is 8.19. The first-order valence-corrected chi connectivity index (χ1v) is 10.6. The summed E-state index contributed by atoms with van der Waals surface area (Å²) in [6.07, 6.45) is 4.09. The Balaban J connectivity index is 1.47. The third kappa shape index (κ3) is 6.35. The number of primary amides is 1. The first-order valence-electron chi connectivity index (χ1n) is 9.76. The zero-order valence-corrected chi connectivity index (χ0v) is 16.8. The quantitative estimate of drug-likeness (QED) is 0.636. The number of amides is 3. The number of piperidine rings is 1. The van der Waals surface area contributed by atoms with Gasteiger partial charge in [0.2, 0.25) is 5.91 Å². The number of likely N-dealkylation sites (tertiary alicyclic amines) is 1. The van der Waals surface area contributed by atoms with Crippen LogP contribution in [-0.2, 0) is 17.9 Å². The molecule has 1 aliphatic heterocycles. The van der Waals surface area contributed by atoms with Crippen molar-refractivity contribution < 1.29 is 9.59 Å². The zero-order chi connectivity index (χ0) is 19.8. The minimum absolute atomic E-state index is 0.121. The Morgan fingerprint density at radius 3 is 2.43 bits per heavy atom. The van der Waals surface area contributed by atoms with E-state index in [9.17, 15) is 9.59 Å². The van der Waals surface area contributed by atoms with E-state index < -0.39 is 12.1 Å². The van der Waals surface area contributed by atoms with E-state index in [4.69, 9.17) is 5.73 Å². The number of carbonyl (C=O) groups is 2. The number of nitrogens with zero attached hydrogens (tertiary/aromatic N) is 1. The number of thiophene rings is 1. The van der Waals surface area contributed by atoms with Gasteiger partial charge in [0.15, 0.2) is 0 Å². The van der Waals surface area contributed by atoms with E-state index >= 15 is 0 Å². The lowest BCUT2D eigenvalue weighted by molar-refractivity contribution is -0.121. The van der Waals surface area contributed by atoms with E-state index in [1.807, 2.05) is 17.5 Å². The smallest absolute Gasteiger partial charge is 0.312 e. The van der Waals surface area contributed by atoms with Crippen molar-refractivity contribution in [2.24, 2.45) is 5.73 Å². The highest BCUT2D eigenvalue weighted by Gasteiger charge is 2.18. The molecule has 7 heteroatoms. The average molecular weight is 401 g/mol. The first-order chi connectivity index (χ1) is 13.6. The Labute approximate surface area is 170 Å². The van der Waals surface area contributed by atoms with E-state index in [0.29, 0.717) is 6.54 Å². The largest absolute Gasteiger partial charge is 0.352 e. The standard InChI is InChI=1S/C21H28N4O2S/c22-21(27)24-18(19-5-4-12-28-19)13-20(26)23-14-16-6-8-17(9-7-16)15-25-10-2-1-3-11-25/h4-9,12,18H,1-3,10-11,13-15H2,(H,23,26)(H3,22,24,27). The summed E-state index contributed by atoms with van der Waals surface area (Å²) in [5, 5.41) is 7.48. The van der Waals surface area contributed by atoms with E-state index in [2.05, 4.69) is 39.8 Å². The van der Waals surface area contributed by atoms with Gasteiger partial charge in [-0.2, -0.15) is 0 Å². The Kier molecular flexibility index (Phi) is 7.45. The summed E-state index contributed by atoms with van der Waals surface area (Å²) in [6.45, 7) is 3.83. The van der Waals surface area contributed by atoms with Gasteiger partial charge in [-0.15, -0.1) is 11.3 Å². The van der Waals surface area contributed by atoms with Crippen LogP contribution in [0.25, 0.3) is 0 Å². The fourth-order valence-electron chi connectivity index (χ4n) is 3.48. The molecule has 0 radical (unpaired) electrons. The molecule has 1 aromatic carbocycles. The molecule has 1 unspecified atom stereocenters. The molecule has 6 nitrogen and oxygen atoms in total. The lowest BCUT2D eigenvalue weighted by Gasteiger charge is -2.26. The van der Waals surface area contributed by atoms with Crippen LogP contribution in [0.2, 0.25) is 0 Å². The highest BCUT2D eigenvalue weighted by Crippen LogP contribution is 2.22. The van der Waals surface area contributed by atoms with Crippen LogP contribution in [0.3, 0.4) is 0 Å². The Morgan fingerprint density at radius 2 is 1.79 bits per heavy atom. The molecule has 3 rings (SSSR count). The number of carbonyl (C=O) groups excluding carboxylic acids is 2. The van der Waals surface area contributed by atoms with Crippen molar-refractivity contribution in [2.75, 3.05) is 13.1 Å². The van der Waals surface area contributed by atoms with Gasteiger partial charge >= 0.3 is 6.03 Å². The summed E-state index contributed by atoms with van der Waals surface area (Å²) in [6, 6.07) is 11.2. The van der Waals surface area contributed by atoms with Crippen LogP contribution in [-0.4, -0.2) is 29.9 Å². The molecular weight excluding hydrogens is 372 g/mol. The predicted molar refractivity (Wildman–Crippen MR) is 112 cm³/mol. The minimum Gasteiger partial charge on any atom is -0.352 e. The molecule has 3 amide bonds. The van der Waals surface area contributed by atoms with Gasteiger partial charge in [-0.25, -0.2) is 4.79 Å². The number of urea groups is 1. The van der Waals surface area contributed by atoms with E-state index in [1.165, 1.54) is 49.3 Å². The van der Waals surface area contributed by atoms with Gasteiger partial charge in [-0.3, -0.25) is 9.69 Å². The van der Waals surface area contributed by atoms with Crippen LogP contribution in [0.1, 0.15) is 47.7 Å². The van der Waals surface area contributed by atoms with Crippen molar-refractivity contribution in [1.82, 2.24) is 15.5 Å². The number of nitrogens with one attached hydrogen (secondary N) is 2. The second kappa shape index (κ2) is 10.2. The highest BCUT2D eigenvalue weighted by molar-refractivity contribution is 7.10. The average Bonchev–Trinajstić information content (AvgIpc) is 3.22. The fraction of sp³-hybridized carbons (Fsp3) is 0.429. The Bertz CT molecular complexity index is 755. The maximum absolute atomic E-state index is 12.3. The van der Waals surface area contributed by atoms with Gasteiger partial charge in [-0.1, -0.05) is 36.8 Å². The summed E-state index contributed by atoms with van der Waals surface area (Å²) < 4.78 is 0. The second-order valence-electron chi connectivity index (χ2n) is 7.21. The molecule has 150 valence electrons. The molecule has 1 fully saturated rings. The molecule has 0 bridgehead atoms. The number of rotatable bonds is 8. The van der Waals surface area contributed by atoms with Crippen molar-refractivity contribution in [3.8, 4) is 0 Å². The molecule has 1 aliphatic rings. The predicted octanol–water partition coefficient (Wildman–Crippen LogP) is 3.15. The van der Waals surface area contributed by atoms with Crippen LogP contribution < -0.4 is 16.4 Å². The molecule has 0 saturated carbocycles. The molecule has 2 heterocycles. The van der Waals surface area contributed by atoms with Gasteiger partial charge in [0.1, 0.15) is 0 Å². The third-order valence-corrected chi connectivity index (χ3v) is 5.95. The minimum atomic E-state index is -0.629. The zero-order valence-electron chi connectivity index (χ0n) is 16.0. The molecule has 4 N–H and O–H groups in total. The fourth-order valence-corrected chi connectivity index (χ4v) is 4.26. The van der Waals surface area contributed by atoms with E-state index in [0.717, 1.165) is 17.0 Å². The topological polar surface area (TPSA) is 87.5 Å². The van der Waals surface area contributed by atoms with Crippen molar-refractivity contribution in [3.63, 3.8) is 0 Å². The molecule has 1 saturated heterocycles. The van der Waals surface area contributed by atoms with Gasteiger partial charge in [0, 0.05) is 18.0 Å². The Hall–Kier alpha value is -2.38. The van der Waals surface area contributed by atoms with Gasteiger partial charge in [0.05, 0.1) is 12.5 Å². The maximum Gasteiger partial charge on any atom is 0.312 e. The van der Waals surface area contributed by atoms with Gasteiger partial charge in [-0.05, 0) is 48.5 Å². The SMILES string of the molecule is NC(=O)NC(CC(=O)NCc1ccc(CN2CCCCC2)cc1)c1cccs1. The molecular formula is C21H28N4O2S. The van der Waals surface area contributed by atoms with Gasteiger partial charge < -0.3 is 16.4 Å². The number of hydrogen-bond donors (Lipinski definition) is 3. The number of nitrogens with two attached hydrogens (primary N) is 1. The third-order valence-electron chi connectivity index (χ3n) is 4.96. The lowest BCUT2D eigenvalue weighted by Crippen LogP contribution is -2.36. The van der Waals surface area contributed by atoms with E-state index in [-0.39, 0.29) is 12.3 Å². The van der Waals surface area contributed by atoms with Gasteiger partial charge in [0.25, 0.3) is 0 Å². The summed E-state index contributed by atoms with van der Waals surface area (Å²) in [7, 11) is 0. The van der Waals surface area contributed by atoms with Crippen molar-refractivity contribution in [2.45, 2.75) is 44.8 Å². The van der Waals surface area contributed by atoms with Crippen LogP contribution >= 0.6 is 11.3 Å². The van der Waals surface area contributed by atoms with E-state index in [1.54, 1.807) is 0 Å². The van der Waals surface area contributed by atoms with Crippen LogP contribution in [0.15, 0.2) is 41.8 Å². The highest BCUT2D eigenvalue weighted by atomic mass is 32.1. The molecule has 28 heavy (non-hydrogen) atoms.